The molecule has 0 heterocycles. The van der Waals surface area contributed by atoms with Gasteiger partial charge in [-0.15, -0.1) is 0 Å². The predicted molar refractivity (Wildman–Crippen MR) is 106 cm³/mol. The molecule has 0 aliphatic carbocycles. The van der Waals surface area contributed by atoms with Crippen LogP contribution in [0.25, 0.3) is 0 Å². The van der Waals surface area contributed by atoms with Gasteiger partial charge in [0.25, 0.3) is 0 Å². The molecule has 0 aliphatic heterocycles. The SMILES string of the molecule is CCCCC/C=C/C/C=C(/C/C=C/C/C=C(/CCC[C]=O)[N+](=O)[O-])[N+](=O)[O-]. The molecular weight excluding hydrogens is 348 g/mol. The summed E-state index contributed by atoms with van der Waals surface area (Å²) in [5.74, 6) is 0. The van der Waals surface area contributed by atoms with Crippen LogP contribution in [0.3, 0.4) is 0 Å². The van der Waals surface area contributed by atoms with E-state index in [4.69, 9.17) is 0 Å². The number of nitro groups is 2. The standard InChI is InChI=1S/C20H29N2O5/c1-2-3-4-5-6-7-9-14-19(21(24)25)15-10-8-11-16-20(22(26)27)17-12-13-18-23/h6-8,10,14,16H,2-5,9,11-13,15,17H2,1H3/b7-6+,10-8+,19-14-,20-16-. The molecular formula is C20H29N2O5. The fraction of sp³-hybridized carbons (Fsp3) is 0.550. The van der Waals surface area contributed by atoms with Crippen LogP contribution in [0.2, 0.25) is 0 Å². The summed E-state index contributed by atoms with van der Waals surface area (Å²) >= 11 is 0. The second-order valence-corrected chi connectivity index (χ2v) is 6.02. The van der Waals surface area contributed by atoms with E-state index in [2.05, 4.69) is 6.92 Å². The molecule has 27 heavy (non-hydrogen) atoms. The zero-order chi connectivity index (χ0) is 20.3. The zero-order valence-corrected chi connectivity index (χ0v) is 16.0. The second-order valence-electron chi connectivity index (χ2n) is 6.02. The van der Waals surface area contributed by atoms with Crippen LogP contribution in [-0.4, -0.2) is 16.1 Å². The van der Waals surface area contributed by atoms with Crippen LogP contribution < -0.4 is 0 Å². The highest BCUT2D eigenvalue weighted by molar-refractivity contribution is 5.50. The molecule has 0 aromatic rings. The van der Waals surface area contributed by atoms with E-state index in [1.54, 1.807) is 24.5 Å². The minimum Gasteiger partial charge on any atom is -0.291 e. The Kier molecular flexibility index (Phi) is 15.3. The van der Waals surface area contributed by atoms with E-state index in [9.17, 15) is 25.0 Å². The van der Waals surface area contributed by atoms with Crippen molar-refractivity contribution in [3.05, 3.63) is 68.1 Å². The van der Waals surface area contributed by atoms with Crippen molar-refractivity contribution in [2.75, 3.05) is 0 Å². The van der Waals surface area contributed by atoms with E-state index in [1.165, 1.54) is 18.9 Å². The van der Waals surface area contributed by atoms with Crippen molar-refractivity contribution >= 4 is 6.29 Å². The second kappa shape index (κ2) is 16.9. The van der Waals surface area contributed by atoms with E-state index in [-0.39, 0.29) is 30.7 Å². The number of hydrogen-bond donors (Lipinski definition) is 0. The molecule has 0 saturated carbocycles. The van der Waals surface area contributed by atoms with Crippen LogP contribution in [0.4, 0.5) is 0 Å². The number of allylic oxidation sites excluding steroid dienone is 7. The van der Waals surface area contributed by atoms with Gasteiger partial charge in [0.15, 0.2) is 6.29 Å². The molecule has 7 heteroatoms. The lowest BCUT2D eigenvalue weighted by molar-refractivity contribution is -0.428. The molecule has 0 aromatic heterocycles. The van der Waals surface area contributed by atoms with Gasteiger partial charge in [-0.3, -0.25) is 25.0 Å². The molecule has 0 bridgehead atoms. The average Bonchev–Trinajstić information content (AvgIpc) is 2.63. The van der Waals surface area contributed by atoms with Gasteiger partial charge in [-0.1, -0.05) is 44.1 Å². The fourth-order valence-corrected chi connectivity index (χ4v) is 2.28. The summed E-state index contributed by atoms with van der Waals surface area (Å²) in [7, 11) is 0. The van der Waals surface area contributed by atoms with Crippen LogP contribution in [0, 0.1) is 20.2 Å². The van der Waals surface area contributed by atoms with Crippen LogP contribution in [-0.2, 0) is 4.79 Å². The molecule has 0 saturated heterocycles. The lowest BCUT2D eigenvalue weighted by atomic mass is 10.1. The first kappa shape index (κ1) is 24.4. The number of hydrogen-bond acceptors (Lipinski definition) is 5. The normalized spacial score (nSPS) is 12.8. The summed E-state index contributed by atoms with van der Waals surface area (Å²) in [5.41, 5.74) is 0.164. The van der Waals surface area contributed by atoms with Crippen molar-refractivity contribution in [1.82, 2.24) is 0 Å². The molecule has 1 radical (unpaired) electrons. The van der Waals surface area contributed by atoms with Crippen LogP contribution in [0.15, 0.2) is 47.9 Å². The van der Waals surface area contributed by atoms with Gasteiger partial charge in [0.1, 0.15) is 0 Å². The van der Waals surface area contributed by atoms with Gasteiger partial charge in [-0.25, -0.2) is 0 Å². The first-order chi connectivity index (χ1) is 13.0. The minimum atomic E-state index is -0.464. The first-order valence-corrected chi connectivity index (χ1v) is 9.34. The molecule has 0 unspecified atom stereocenters. The lowest BCUT2D eigenvalue weighted by Crippen LogP contribution is -1.99. The number of rotatable bonds is 16. The van der Waals surface area contributed by atoms with Gasteiger partial charge in [0.2, 0.25) is 11.4 Å². The zero-order valence-electron chi connectivity index (χ0n) is 16.0. The summed E-state index contributed by atoms with van der Waals surface area (Å²) in [5, 5.41) is 22.0. The maximum atomic E-state index is 11.1. The highest BCUT2D eigenvalue weighted by Crippen LogP contribution is 2.10. The highest BCUT2D eigenvalue weighted by Gasteiger charge is 2.09. The summed E-state index contributed by atoms with van der Waals surface area (Å²) in [4.78, 5) is 31.2. The Hall–Kier alpha value is -2.57. The maximum absolute atomic E-state index is 11.1. The topological polar surface area (TPSA) is 103 Å². The third-order valence-corrected chi connectivity index (χ3v) is 3.79. The smallest absolute Gasteiger partial charge is 0.246 e. The molecule has 0 spiro atoms. The summed E-state index contributed by atoms with van der Waals surface area (Å²) in [6, 6.07) is 0. The lowest BCUT2D eigenvalue weighted by Gasteiger charge is -1.96. The summed E-state index contributed by atoms with van der Waals surface area (Å²) in [6.45, 7) is 2.14. The van der Waals surface area contributed by atoms with Gasteiger partial charge in [0, 0.05) is 12.8 Å². The largest absolute Gasteiger partial charge is 0.291 e. The van der Waals surface area contributed by atoms with Crippen LogP contribution >= 0.6 is 0 Å². The predicted octanol–water partition coefficient (Wildman–Crippen LogP) is 5.45. The summed E-state index contributed by atoms with van der Waals surface area (Å²) < 4.78 is 0. The molecule has 7 nitrogen and oxygen atoms in total. The van der Waals surface area contributed by atoms with Gasteiger partial charge in [-0.05, 0) is 44.3 Å². The Morgan fingerprint density at radius 1 is 0.889 bits per heavy atom. The average molecular weight is 377 g/mol. The van der Waals surface area contributed by atoms with E-state index in [0.29, 0.717) is 19.3 Å². The van der Waals surface area contributed by atoms with Crippen molar-refractivity contribution < 1.29 is 14.6 Å². The number of unbranched alkanes of at least 4 members (excludes halogenated alkanes) is 4. The Balaban J connectivity index is 4.44. The quantitative estimate of drug-likeness (QED) is 0.154. The van der Waals surface area contributed by atoms with Crippen molar-refractivity contribution in [3.63, 3.8) is 0 Å². The van der Waals surface area contributed by atoms with Gasteiger partial charge in [-0.2, -0.15) is 0 Å². The third kappa shape index (κ3) is 14.3. The Bertz CT molecular complexity index is 577. The molecule has 0 rings (SSSR count). The van der Waals surface area contributed by atoms with E-state index < -0.39 is 9.85 Å². The van der Waals surface area contributed by atoms with Crippen molar-refractivity contribution in [1.29, 1.82) is 0 Å². The van der Waals surface area contributed by atoms with E-state index in [1.807, 2.05) is 12.2 Å². The Labute approximate surface area is 160 Å². The molecule has 0 fully saturated rings. The number of carbonyl (C=O) groups excluding carboxylic acids is 1. The van der Waals surface area contributed by atoms with Gasteiger partial charge in [0.05, 0.1) is 16.3 Å². The highest BCUT2D eigenvalue weighted by atomic mass is 16.6. The molecule has 149 valence electrons. The third-order valence-electron chi connectivity index (χ3n) is 3.79. The van der Waals surface area contributed by atoms with Crippen LogP contribution in [0.1, 0.15) is 71.1 Å². The Morgan fingerprint density at radius 2 is 1.52 bits per heavy atom. The fourth-order valence-electron chi connectivity index (χ4n) is 2.28. The maximum Gasteiger partial charge on any atom is 0.246 e. The van der Waals surface area contributed by atoms with Gasteiger partial charge >= 0.3 is 0 Å². The van der Waals surface area contributed by atoms with Gasteiger partial charge < -0.3 is 0 Å². The molecule has 0 atom stereocenters. The number of nitrogens with zero attached hydrogens (tertiary/aromatic N) is 2. The minimum absolute atomic E-state index is 0.0492. The van der Waals surface area contributed by atoms with Crippen LogP contribution in [0.5, 0.6) is 0 Å². The molecule has 0 amide bonds. The molecule has 0 aliphatic rings. The summed E-state index contributed by atoms with van der Waals surface area (Å²) in [6.07, 6.45) is 18.3. The molecule has 0 N–H and O–H groups in total. The Morgan fingerprint density at radius 3 is 2.11 bits per heavy atom. The first-order valence-electron chi connectivity index (χ1n) is 9.34. The van der Waals surface area contributed by atoms with E-state index in [0.717, 1.165) is 12.8 Å². The van der Waals surface area contributed by atoms with Crippen molar-refractivity contribution in [2.24, 2.45) is 0 Å². The monoisotopic (exact) mass is 377 g/mol. The van der Waals surface area contributed by atoms with E-state index >= 15 is 0 Å². The molecule has 0 aromatic carbocycles. The van der Waals surface area contributed by atoms with Crippen molar-refractivity contribution in [3.8, 4) is 0 Å². The van der Waals surface area contributed by atoms with Crippen molar-refractivity contribution in [2.45, 2.75) is 71.1 Å².